The van der Waals surface area contributed by atoms with Crippen LogP contribution in [0.15, 0.2) is 0 Å². The molecule has 0 aliphatic heterocycles. The molecule has 0 aliphatic carbocycles. The molecule has 0 atom stereocenters. The Balaban J connectivity index is 2.46. The van der Waals surface area contributed by atoms with Gasteiger partial charge >= 0.3 is 0 Å². The van der Waals surface area contributed by atoms with E-state index < -0.39 is 0 Å². The van der Waals surface area contributed by atoms with E-state index in [0.29, 0.717) is 30.5 Å². The fourth-order valence-electron chi connectivity index (χ4n) is 1.39. The summed E-state index contributed by atoms with van der Waals surface area (Å²) < 4.78 is 12.9. The van der Waals surface area contributed by atoms with Crippen molar-refractivity contribution in [1.82, 2.24) is 14.8 Å². The van der Waals surface area contributed by atoms with Crippen LogP contribution in [0.2, 0.25) is 0 Å². The summed E-state index contributed by atoms with van der Waals surface area (Å²) in [5.74, 6) is 1.33. The molecule has 0 saturated heterocycles. The average molecular weight is 245 g/mol. The molecule has 92 valence electrons. The number of nitrogens with one attached hydrogen (secondary N) is 1. The fourth-order valence-corrected chi connectivity index (χ4v) is 1.62. The molecule has 1 aromatic rings. The average Bonchev–Trinajstić information content (AvgIpc) is 2.60. The number of rotatable bonds is 7. The molecule has 1 heterocycles. The molecule has 0 radical (unpaired) electrons. The molecule has 0 bridgehead atoms. The molecule has 1 N–H and O–H groups in total. The van der Waals surface area contributed by atoms with E-state index in [-0.39, 0.29) is 0 Å². The zero-order valence-electron chi connectivity index (χ0n) is 10.0. The largest absolute Gasteiger partial charge is 0.382 e. The number of aromatic amines is 1. The minimum absolute atomic E-state index is 0.354. The van der Waals surface area contributed by atoms with E-state index in [4.69, 9.17) is 21.7 Å². The van der Waals surface area contributed by atoms with Gasteiger partial charge in [0.2, 0.25) is 0 Å². The van der Waals surface area contributed by atoms with Crippen molar-refractivity contribution in [2.45, 2.75) is 26.3 Å². The minimum Gasteiger partial charge on any atom is -0.382 e. The zero-order chi connectivity index (χ0) is 12.0. The number of ether oxygens (including phenoxy) is 2. The van der Waals surface area contributed by atoms with Crippen LogP contribution >= 0.6 is 12.2 Å². The van der Waals surface area contributed by atoms with Crippen LogP contribution < -0.4 is 0 Å². The van der Waals surface area contributed by atoms with E-state index in [9.17, 15) is 0 Å². The first-order valence-electron chi connectivity index (χ1n) is 5.38. The lowest BCUT2D eigenvalue weighted by molar-refractivity contribution is 0.0661. The third kappa shape index (κ3) is 3.70. The van der Waals surface area contributed by atoms with Crippen molar-refractivity contribution in [2.75, 3.05) is 26.9 Å². The first-order valence-corrected chi connectivity index (χ1v) is 5.79. The van der Waals surface area contributed by atoms with Crippen LogP contribution in [0.1, 0.15) is 25.6 Å². The van der Waals surface area contributed by atoms with Crippen LogP contribution in [0.5, 0.6) is 0 Å². The van der Waals surface area contributed by atoms with Gasteiger partial charge in [0.1, 0.15) is 5.82 Å². The summed E-state index contributed by atoms with van der Waals surface area (Å²) in [4.78, 5) is 0. The van der Waals surface area contributed by atoms with Gasteiger partial charge in [0.05, 0.1) is 26.4 Å². The second-order valence-corrected chi connectivity index (χ2v) is 4.19. The zero-order valence-corrected chi connectivity index (χ0v) is 10.8. The molecule has 1 aromatic heterocycles. The first-order chi connectivity index (χ1) is 7.66. The highest BCUT2D eigenvalue weighted by Crippen LogP contribution is 2.11. The predicted octanol–water partition coefficient (Wildman–Crippen LogP) is 1.73. The van der Waals surface area contributed by atoms with Gasteiger partial charge in [-0.15, -0.1) is 0 Å². The first kappa shape index (κ1) is 13.3. The third-order valence-corrected chi connectivity index (χ3v) is 2.51. The number of hydrogen-bond acceptors (Lipinski definition) is 4. The van der Waals surface area contributed by atoms with E-state index in [1.807, 2.05) is 4.57 Å². The molecule has 0 spiro atoms. The molecule has 5 nitrogen and oxygen atoms in total. The van der Waals surface area contributed by atoms with Crippen molar-refractivity contribution in [2.24, 2.45) is 0 Å². The molecular formula is C10H19N3O2S. The summed E-state index contributed by atoms with van der Waals surface area (Å²) in [7, 11) is 1.66. The summed E-state index contributed by atoms with van der Waals surface area (Å²) >= 11 is 5.16. The van der Waals surface area contributed by atoms with Crippen LogP contribution in [0.25, 0.3) is 0 Å². The van der Waals surface area contributed by atoms with E-state index in [1.54, 1.807) is 7.11 Å². The predicted molar refractivity (Wildman–Crippen MR) is 64.2 cm³/mol. The van der Waals surface area contributed by atoms with Gasteiger partial charge in [-0.25, -0.2) is 0 Å². The summed E-state index contributed by atoms with van der Waals surface area (Å²) in [6.07, 6.45) is 0. The Kier molecular flexibility index (Phi) is 5.65. The van der Waals surface area contributed by atoms with Crippen molar-refractivity contribution in [3.63, 3.8) is 0 Å². The molecule has 16 heavy (non-hydrogen) atoms. The van der Waals surface area contributed by atoms with Gasteiger partial charge in [-0.3, -0.25) is 5.10 Å². The standard InChI is InChI=1S/C10H19N3O2S/c1-8(2)9-11-12-10(16)13(9)4-5-15-7-6-14-3/h8H,4-7H2,1-3H3,(H,12,16). The smallest absolute Gasteiger partial charge is 0.195 e. The maximum absolute atomic E-state index is 5.40. The highest BCUT2D eigenvalue weighted by Gasteiger charge is 2.09. The lowest BCUT2D eigenvalue weighted by Gasteiger charge is -2.09. The Morgan fingerprint density at radius 2 is 2.12 bits per heavy atom. The lowest BCUT2D eigenvalue weighted by Crippen LogP contribution is -2.12. The van der Waals surface area contributed by atoms with Gasteiger partial charge < -0.3 is 14.0 Å². The van der Waals surface area contributed by atoms with Crippen molar-refractivity contribution in [1.29, 1.82) is 0 Å². The Labute approximate surface area is 101 Å². The summed E-state index contributed by atoms with van der Waals surface area (Å²) in [5.41, 5.74) is 0. The fraction of sp³-hybridized carbons (Fsp3) is 0.800. The van der Waals surface area contributed by atoms with Gasteiger partial charge in [-0.05, 0) is 12.2 Å². The number of aromatic nitrogens is 3. The van der Waals surface area contributed by atoms with E-state index in [0.717, 1.165) is 12.4 Å². The summed E-state index contributed by atoms with van der Waals surface area (Å²) in [6, 6.07) is 0. The van der Waals surface area contributed by atoms with Crippen LogP contribution in [0.4, 0.5) is 0 Å². The molecule has 6 heteroatoms. The Morgan fingerprint density at radius 1 is 1.38 bits per heavy atom. The number of nitrogens with zero attached hydrogens (tertiary/aromatic N) is 2. The van der Waals surface area contributed by atoms with E-state index in [1.165, 1.54) is 0 Å². The Hall–Kier alpha value is -0.720. The van der Waals surface area contributed by atoms with Crippen molar-refractivity contribution in [3.05, 3.63) is 10.6 Å². The SMILES string of the molecule is COCCOCCn1c(C(C)C)n[nH]c1=S. The second kappa shape index (κ2) is 6.78. The van der Waals surface area contributed by atoms with Gasteiger partial charge in [0.25, 0.3) is 0 Å². The molecule has 1 rings (SSSR count). The molecule has 0 fully saturated rings. The van der Waals surface area contributed by atoms with E-state index >= 15 is 0 Å². The van der Waals surface area contributed by atoms with Crippen molar-refractivity contribution in [3.8, 4) is 0 Å². The number of methoxy groups -OCH3 is 1. The van der Waals surface area contributed by atoms with Crippen LogP contribution in [-0.2, 0) is 16.0 Å². The van der Waals surface area contributed by atoms with Crippen LogP contribution in [0, 0.1) is 4.77 Å². The highest BCUT2D eigenvalue weighted by atomic mass is 32.1. The summed E-state index contributed by atoms with van der Waals surface area (Å²) in [5, 5.41) is 7.00. The molecule has 0 unspecified atom stereocenters. The molecule has 0 amide bonds. The van der Waals surface area contributed by atoms with Gasteiger partial charge in [-0.1, -0.05) is 13.8 Å². The molecular weight excluding hydrogens is 226 g/mol. The maximum Gasteiger partial charge on any atom is 0.195 e. The molecule has 0 aromatic carbocycles. The van der Waals surface area contributed by atoms with Gasteiger partial charge in [0, 0.05) is 13.0 Å². The second-order valence-electron chi connectivity index (χ2n) is 3.80. The van der Waals surface area contributed by atoms with Crippen LogP contribution in [-0.4, -0.2) is 41.7 Å². The monoisotopic (exact) mass is 245 g/mol. The highest BCUT2D eigenvalue weighted by molar-refractivity contribution is 7.71. The third-order valence-electron chi connectivity index (χ3n) is 2.20. The molecule has 0 aliphatic rings. The summed E-state index contributed by atoms with van der Waals surface area (Å²) in [6.45, 7) is 6.76. The Bertz CT molecular complexity index is 359. The quantitative estimate of drug-likeness (QED) is 0.587. The topological polar surface area (TPSA) is 52.1 Å². The van der Waals surface area contributed by atoms with Crippen LogP contribution in [0.3, 0.4) is 0 Å². The number of hydrogen-bond donors (Lipinski definition) is 1. The van der Waals surface area contributed by atoms with E-state index in [2.05, 4.69) is 24.0 Å². The van der Waals surface area contributed by atoms with Crippen molar-refractivity contribution < 1.29 is 9.47 Å². The number of H-pyrrole nitrogens is 1. The minimum atomic E-state index is 0.354. The van der Waals surface area contributed by atoms with Gasteiger partial charge in [0.15, 0.2) is 4.77 Å². The maximum atomic E-state index is 5.40. The Morgan fingerprint density at radius 3 is 2.75 bits per heavy atom. The lowest BCUT2D eigenvalue weighted by atomic mass is 10.2. The van der Waals surface area contributed by atoms with Gasteiger partial charge in [-0.2, -0.15) is 5.10 Å². The normalized spacial score (nSPS) is 11.2. The van der Waals surface area contributed by atoms with Crippen molar-refractivity contribution >= 4 is 12.2 Å². The molecule has 0 saturated carbocycles.